The number of nitrogens with zero attached hydrogens (tertiary/aromatic N) is 11. The molecule has 676 valence electrons. The average Bonchev–Trinajstić information content (AvgIpc) is 0.808. The largest absolute Gasteiger partial charge is 0.368 e. The van der Waals surface area contributed by atoms with E-state index in [9.17, 15) is 19.2 Å². The summed E-state index contributed by atoms with van der Waals surface area (Å²) in [7, 11) is 0. The zero-order valence-electron chi connectivity index (χ0n) is 75.1. The van der Waals surface area contributed by atoms with Crippen LogP contribution < -0.4 is 22.9 Å². The number of rotatable bonds is 50. The highest BCUT2D eigenvalue weighted by molar-refractivity contribution is 5.96. The highest BCUT2D eigenvalue weighted by Gasteiger charge is 2.39. The normalized spacial score (nSPS) is 13.0. The van der Waals surface area contributed by atoms with Crippen molar-refractivity contribution in [1.29, 1.82) is 0 Å². The quantitative estimate of drug-likeness (QED) is 0.0257. The predicted octanol–water partition coefficient (Wildman–Crippen LogP) is 10.9. The van der Waals surface area contributed by atoms with Crippen LogP contribution in [0.15, 0.2) is 243 Å². The lowest BCUT2D eigenvalue weighted by Gasteiger charge is -2.38. The Morgan fingerprint density at radius 1 is 0.213 bits per heavy atom. The molecule has 0 heterocycles. The van der Waals surface area contributed by atoms with Crippen LogP contribution in [0, 0.1) is 0 Å². The molecule has 8 atom stereocenters. The van der Waals surface area contributed by atoms with Crippen molar-refractivity contribution in [3.8, 4) is 0 Å². The first-order chi connectivity index (χ1) is 61.1. The molecule has 0 saturated heterocycles. The van der Waals surface area contributed by atoms with E-state index in [1.54, 1.807) is 121 Å². The molecule has 0 fully saturated rings. The van der Waals surface area contributed by atoms with Gasteiger partial charge >= 0.3 is 0 Å². The van der Waals surface area contributed by atoms with Gasteiger partial charge < -0.3 is 76.8 Å². The summed E-state index contributed by atoms with van der Waals surface area (Å²) >= 11 is 0. The second-order valence-corrected chi connectivity index (χ2v) is 32.4. The second kappa shape index (κ2) is 51.0. The molecular weight excluding hydrogens is 1600 g/mol. The number of carbonyl (C=O) groups is 12. The standard InChI is InChI=1S/C100H129N15O12/c1-73(82-40-18-10-19-41-82)108(81(9)116)69-97(124)110(75(3)84-44-22-12-23-45-84)66-91(118)105(59-37-34-56-101)64-95(122)114(79(7)88-52-30-16-31-53-88)71-99(126)112(77(5)86-48-26-14-27-49-86)68-93(120)107(61-39-36-58-103)65-96(123)115(80(8)89-54-32-17-33-55-89)72-100(127)111(76(4)85-46-24-13-25-47-85)67-92(119)106(60-38-35-57-102)63-94(121)113(78(6)87-50-28-15-29-51-87)70-98(125)109(62-90(104)117)74(2)83-42-20-11-21-43-83/h10-33,40-55,73-80H,34-39,56-72,101-103H2,1-9H3,(H2,104,117)/t73-,74-,75-,76-,77-,78-,79-,80-/m0/s1. The predicted molar refractivity (Wildman–Crippen MR) is 492 cm³/mol. The summed E-state index contributed by atoms with van der Waals surface area (Å²) in [5, 5.41) is 0. The molecule has 8 N–H and O–H groups in total. The molecule has 0 radical (unpaired) electrons. The Balaban J connectivity index is 1.11. The molecule has 27 heteroatoms. The van der Waals surface area contributed by atoms with Crippen LogP contribution in [0.3, 0.4) is 0 Å². The van der Waals surface area contributed by atoms with Crippen LogP contribution in [0.1, 0.15) is 194 Å². The summed E-state index contributed by atoms with van der Waals surface area (Å²) in [6.45, 7) is 10.4. The van der Waals surface area contributed by atoms with Gasteiger partial charge in [-0.2, -0.15) is 0 Å². The van der Waals surface area contributed by atoms with E-state index in [2.05, 4.69) is 0 Å². The molecule has 8 aromatic carbocycles. The Kier molecular flexibility index (Phi) is 40.1. The summed E-state index contributed by atoms with van der Waals surface area (Å²) < 4.78 is 0. The van der Waals surface area contributed by atoms with E-state index in [-0.39, 0.29) is 51.7 Å². The van der Waals surface area contributed by atoms with Crippen LogP contribution in [0.4, 0.5) is 0 Å². The van der Waals surface area contributed by atoms with Crippen molar-refractivity contribution in [2.24, 2.45) is 22.9 Å². The minimum atomic E-state index is -0.848. The Morgan fingerprint density at radius 3 is 0.528 bits per heavy atom. The van der Waals surface area contributed by atoms with Gasteiger partial charge in [-0.3, -0.25) is 57.5 Å². The van der Waals surface area contributed by atoms with Crippen LogP contribution >= 0.6 is 0 Å². The lowest BCUT2D eigenvalue weighted by molar-refractivity contribution is -0.152. The second-order valence-electron chi connectivity index (χ2n) is 32.4. The van der Waals surface area contributed by atoms with Crippen molar-refractivity contribution >= 4 is 70.9 Å². The first kappa shape index (κ1) is 99.7. The van der Waals surface area contributed by atoms with Gasteiger partial charge in [0, 0.05) is 26.6 Å². The molecule has 27 nitrogen and oxygen atoms in total. The molecule has 0 aliphatic heterocycles. The van der Waals surface area contributed by atoms with Gasteiger partial charge in [0.2, 0.25) is 70.9 Å². The fourth-order valence-electron chi connectivity index (χ4n) is 15.7. The number of nitrogens with two attached hydrogens (primary N) is 4. The van der Waals surface area contributed by atoms with Gasteiger partial charge in [-0.15, -0.1) is 0 Å². The summed E-state index contributed by atoms with van der Waals surface area (Å²) in [6.07, 6.45) is 2.41. The van der Waals surface area contributed by atoms with Crippen molar-refractivity contribution in [2.45, 2.75) is 149 Å². The number of carbonyl (C=O) groups excluding carboxylic acids is 12. The number of hydrogen-bond donors (Lipinski definition) is 4. The van der Waals surface area contributed by atoms with E-state index in [0.29, 0.717) is 66.3 Å². The molecule has 0 saturated carbocycles. The lowest BCUT2D eigenvalue weighted by atomic mass is 10.0. The number of primary amides is 1. The molecule has 12 amide bonds. The van der Waals surface area contributed by atoms with E-state index in [1.165, 1.54) is 60.8 Å². The van der Waals surface area contributed by atoms with Crippen molar-refractivity contribution in [3.05, 3.63) is 287 Å². The summed E-state index contributed by atoms with van der Waals surface area (Å²) in [4.78, 5) is 197. The van der Waals surface area contributed by atoms with Gasteiger partial charge in [-0.1, -0.05) is 243 Å². The van der Waals surface area contributed by atoms with Gasteiger partial charge in [0.25, 0.3) is 0 Å². The first-order valence-corrected chi connectivity index (χ1v) is 44.0. The Hall–Kier alpha value is -12.7. The fraction of sp³-hybridized carbons (Fsp3) is 0.400. The molecular formula is C100H129N15O12. The fourth-order valence-corrected chi connectivity index (χ4v) is 15.7. The third-order valence-electron chi connectivity index (χ3n) is 23.8. The number of amides is 12. The van der Waals surface area contributed by atoms with E-state index in [0.717, 1.165) is 16.7 Å². The van der Waals surface area contributed by atoms with E-state index in [4.69, 9.17) is 22.9 Å². The topological polar surface area (TPSA) is 345 Å². The van der Waals surface area contributed by atoms with Gasteiger partial charge in [0.1, 0.15) is 45.8 Å². The minimum Gasteiger partial charge on any atom is -0.368 e. The molecule has 127 heavy (non-hydrogen) atoms. The number of hydrogen-bond acceptors (Lipinski definition) is 15. The maximum atomic E-state index is 16.0. The lowest BCUT2D eigenvalue weighted by Crippen LogP contribution is -2.54. The van der Waals surface area contributed by atoms with Crippen LogP contribution in [-0.2, 0) is 57.5 Å². The molecule has 0 aromatic heterocycles. The van der Waals surface area contributed by atoms with Gasteiger partial charge in [-0.25, -0.2) is 0 Å². The monoisotopic (exact) mass is 1730 g/mol. The zero-order chi connectivity index (χ0) is 92.1. The van der Waals surface area contributed by atoms with Crippen LogP contribution in [0.5, 0.6) is 0 Å². The van der Waals surface area contributed by atoms with Gasteiger partial charge in [0.05, 0.1) is 74.5 Å². The summed E-state index contributed by atoms with van der Waals surface area (Å²) in [5.41, 5.74) is 29.5. The van der Waals surface area contributed by atoms with Crippen LogP contribution in [0.25, 0.3) is 0 Å². The highest BCUT2D eigenvalue weighted by Crippen LogP contribution is 2.32. The molecule has 0 aliphatic rings. The number of unbranched alkanes of at least 4 members (excludes halogenated alkanes) is 3. The first-order valence-electron chi connectivity index (χ1n) is 44.0. The molecule has 0 unspecified atom stereocenters. The zero-order valence-corrected chi connectivity index (χ0v) is 75.1. The Labute approximate surface area is 748 Å². The van der Waals surface area contributed by atoms with Crippen molar-refractivity contribution < 1.29 is 57.5 Å². The van der Waals surface area contributed by atoms with E-state index < -0.39 is 179 Å². The summed E-state index contributed by atoms with van der Waals surface area (Å²) in [5.74, 6) is -7.32. The molecule has 0 bridgehead atoms. The van der Waals surface area contributed by atoms with E-state index >= 15 is 38.4 Å². The number of benzene rings is 8. The van der Waals surface area contributed by atoms with Gasteiger partial charge in [-0.05, 0) is 158 Å². The van der Waals surface area contributed by atoms with Crippen molar-refractivity contribution in [3.63, 3.8) is 0 Å². The molecule has 0 aliphatic carbocycles. The third kappa shape index (κ3) is 29.4. The van der Waals surface area contributed by atoms with E-state index in [1.807, 2.05) is 177 Å². The van der Waals surface area contributed by atoms with Crippen LogP contribution in [0.2, 0.25) is 0 Å². The summed E-state index contributed by atoms with van der Waals surface area (Å²) in [6, 6.07) is 66.9. The molecule has 8 rings (SSSR count). The molecule has 0 spiro atoms. The Morgan fingerprint density at radius 2 is 0.362 bits per heavy atom. The Bertz CT molecular complexity index is 4820. The molecule has 8 aromatic rings. The van der Waals surface area contributed by atoms with Gasteiger partial charge in [0.15, 0.2) is 0 Å². The maximum Gasteiger partial charge on any atom is 0.243 e. The SMILES string of the molecule is CC(=O)N(CC(=O)N(CC(=O)N(CCCCN)CC(=O)N(CC(=O)N(CC(=O)N(CCCCN)CC(=O)N(CC(=O)N(CC(=O)N(CCCCN)CC(=O)N(CC(=O)N(CC(N)=O)[C@@H](C)c1ccccc1)[C@@H](C)c1ccccc1)[C@@H](C)c1ccccc1)[C@@H](C)c1ccccc1)[C@@H](C)c1ccccc1)[C@@H](C)c1ccccc1)[C@@H](C)c1ccccc1)[C@@H](C)c1ccccc1. The average molecular weight is 1730 g/mol. The van der Waals surface area contributed by atoms with Crippen molar-refractivity contribution in [2.75, 3.05) is 111 Å². The minimum absolute atomic E-state index is 0.0161. The maximum absolute atomic E-state index is 16.0. The highest BCUT2D eigenvalue weighted by atomic mass is 16.2. The smallest absolute Gasteiger partial charge is 0.243 e. The van der Waals surface area contributed by atoms with Crippen LogP contribution in [-0.4, -0.2) is 236 Å². The van der Waals surface area contributed by atoms with Crippen molar-refractivity contribution in [1.82, 2.24) is 53.9 Å². The third-order valence-corrected chi connectivity index (χ3v) is 23.8.